The molecule has 0 N–H and O–H groups in total. The summed E-state index contributed by atoms with van der Waals surface area (Å²) in [5.74, 6) is 0.964. The topological polar surface area (TPSA) is 3.24 Å². The molecule has 0 aromatic rings. The zero-order chi connectivity index (χ0) is 15.3. The van der Waals surface area contributed by atoms with Crippen molar-refractivity contribution in [3.8, 4) is 0 Å². The maximum Gasteiger partial charge on any atom is 0.105 e. The highest BCUT2D eigenvalue weighted by atomic mass is 15.2. The molecule has 1 atom stereocenters. The van der Waals surface area contributed by atoms with Gasteiger partial charge in [-0.25, -0.2) is 0 Å². The molecule has 1 fully saturated rings. The van der Waals surface area contributed by atoms with Crippen LogP contribution < -0.4 is 0 Å². The van der Waals surface area contributed by atoms with Crippen molar-refractivity contribution in [2.24, 2.45) is 0 Å². The van der Waals surface area contributed by atoms with E-state index in [0.717, 1.165) is 11.9 Å². The van der Waals surface area contributed by atoms with Crippen molar-refractivity contribution in [1.82, 2.24) is 4.90 Å². The molecule has 0 saturated carbocycles. The van der Waals surface area contributed by atoms with E-state index in [4.69, 9.17) is 0 Å². The lowest BCUT2D eigenvalue weighted by Gasteiger charge is -2.37. The highest BCUT2D eigenvalue weighted by Gasteiger charge is 2.22. The third-order valence-corrected chi connectivity index (χ3v) is 5.37. The quantitative estimate of drug-likeness (QED) is 0.353. The molecule has 0 aromatic carbocycles. The largest absolute Gasteiger partial charge is 0.300 e. The lowest BCUT2D eigenvalue weighted by molar-refractivity contribution is 0.143. The summed E-state index contributed by atoms with van der Waals surface area (Å²) in [6, 6.07) is 0.899. The normalized spacial score (nSPS) is 19.0. The molecule has 0 aromatic heterocycles. The first-order valence-corrected chi connectivity index (χ1v) is 10.0. The molecule has 21 heavy (non-hydrogen) atoms. The Balaban J connectivity index is 2.27. The first kappa shape index (κ1) is 19.1. The van der Waals surface area contributed by atoms with Crippen LogP contribution in [0.15, 0.2) is 0 Å². The number of unbranched alkanes of at least 4 members (excludes halogenated alkanes) is 7. The van der Waals surface area contributed by atoms with Gasteiger partial charge in [-0.05, 0) is 38.8 Å². The molecule has 2 heteroatoms. The lowest BCUT2D eigenvalue weighted by Crippen LogP contribution is -2.40. The molecule has 0 aliphatic carbocycles. The van der Waals surface area contributed by atoms with Gasteiger partial charge in [0.05, 0.1) is 0 Å². The van der Waals surface area contributed by atoms with Crippen LogP contribution in [0.3, 0.4) is 0 Å². The molecular weight excluding hydrogens is 253 g/mol. The third-order valence-electron chi connectivity index (χ3n) is 5.37. The second-order valence-corrected chi connectivity index (χ2v) is 7.42. The van der Waals surface area contributed by atoms with Crippen molar-refractivity contribution in [1.29, 1.82) is 0 Å². The van der Waals surface area contributed by atoms with Crippen LogP contribution in [0, 0.1) is 0 Å². The van der Waals surface area contributed by atoms with Gasteiger partial charge in [-0.1, -0.05) is 77.5 Å². The predicted molar refractivity (Wildman–Crippen MR) is 99.0 cm³/mol. The molecule has 1 heterocycles. The number of hydrogen-bond donors (Lipinski definition) is 0. The fourth-order valence-electron chi connectivity index (χ4n) is 3.69. The van der Waals surface area contributed by atoms with Gasteiger partial charge >= 0.3 is 0 Å². The Morgan fingerprint density at radius 3 is 1.81 bits per heavy atom. The van der Waals surface area contributed by atoms with Gasteiger partial charge in [-0.3, -0.25) is 0 Å². The molecule has 0 spiro atoms. The van der Waals surface area contributed by atoms with E-state index >= 15 is 0 Å². The summed E-state index contributed by atoms with van der Waals surface area (Å²) in [6.45, 7) is 7.37. The van der Waals surface area contributed by atoms with Crippen molar-refractivity contribution < 1.29 is 0 Å². The van der Waals surface area contributed by atoms with Crippen molar-refractivity contribution in [2.45, 2.75) is 109 Å². The monoisotopic (exact) mass is 293 g/mol. The van der Waals surface area contributed by atoms with Gasteiger partial charge in [0.2, 0.25) is 0 Å². The predicted octanol–water partition coefficient (Wildman–Crippen LogP) is 5.20. The summed E-state index contributed by atoms with van der Waals surface area (Å²) in [5.41, 5.74) is 0. The number of likely N-dealkylation sites (tertiary alicyclic amines) is 1. The van der Waals surface area contributed by atoms with E-state index < -0.39 is 0 Å². The van der Waals surface area contributed by atoms with E-state index in [1.165, 1.54) is 96.6 Å². The summed E-state index contributed by atoms with van der Waals surface area (Å²) in [5, 5.41) is 0. The van der Waals surface area contributed by atoms with E-state index in [9.17, 15) is 0 Å². The third kappa shape index (κ3) is 8.91. The molecule has 0 bridgehead atoms. The Kier molecular flexibility index (Phi) is 11.4. The number of rotatable bonds is 12. The van der Waals surface area contributed by atoms with Crippen LogP contribution in [0.4, 0.5) is 0 Å². The molecule has 1 nitrogen and oxygen atoms in total. The maximum atomic E-state index is 2.84. The van der Waals surface area contributed by atoms with Crippen molar-refractivity contribution in [2.75, 3.05) is 13.1 Å². The molecule has 1 aliphatic heterocycles. The van der Waals surface area contributed by atoms with Gasteiger partial charge in [0.1, 0.15) is 7.85 Å². The Morgan fingerprint density at radius 1 is 0.810 bits per heavy atom. The van der Waals surface area contributed by atoms with Crippen molar-refractivity contribution >= 4 is 7.85 Å². The van der Waals surface area contributed by atoms with Crippen molar-refractivity contribution in [3.05, 3.63) is 0 Å². The van der Waals surface area contributed by atoms with Crippen LogP contribution in [-0.2, 0) is 0 Å². The number of nitrogens with zero attached hydrogens (tertiary/aromatic N) is 1. The maximum absolute atomic E-state index is 2.84. The van der Waals surface area contributed by atoms with Crippen molar-refractivity contribution in [3.63, 3.8) is 0 Å². The van der Waals surface area contributed by atoms with E-state index in [0.29, 0.717) is 0 Å². The Bertz CT molecular complexity index is 224. The Labute approximate surface area is 135 Å². The first-order valence-electron chi connectivity index (χ1n) is 10.0. The van der Waals surface area contributed by atoms with Crippen LogP contribution in [0.2, 0.25) is 5.82 Å². The number of hydrogen-bond acceptors (Lipinski definition) is 1. The minimum Gasteiger partial charge on any atom is -0.300 e. The Hall–Kier alpha value is 0.0249. The summed E-state index contributed by atoms with van der Waals surface area (Å²) < 4.78 is 0. The first-order chi connectivity index (χ1) is 10.3. The molecule has 1 aliphatic rings. The standard InChI is InChI=1S/C19H40BN/c1-3-5-7-9-11-13-19(12-10-8-6-4-2)21-16-14-18(20)15-17-21/h18-19H,3-17,20H2,1-2H3. The second kappa shape index (κ2) is 12.6. The average Bonchev–Trinajstić information content (AvgIpc) is 2.50. The van der Waals surface area contributed by atoms with Crippen LogP contribution in [0.5, 0.6) is 0 Å². The van der Waals surface area contributed by atoms with Crippen LogP contribution in [0.1, 0.15) is 97.3 Å². The fourth-order valence-corrected chi connectivity index (χ4v) is 3.69. The van der Waals surface area contributed by atoms with E-state index in [1.807, 2.05) is 0 Å². The summed E-state index contributed by atoms with van der Waals surface area (Å²) in [6.07, 6.45) is 18.7. The summed E-state index contributed by atoms with van der Waals surface area (Å²) in [7, 11) is 2.43. The van der Waals surface area contributed by atoms with Crippen LogP contribution in [-0.4, -0.2) is 31.9 Å². The summed E-state index contributed by atoms with van der Waals surface area (Å²) in [4.78, 5) is 2.84. The van der Waals surface area contributed by atoms with E-state index in [1.54, 1.807) is 0 Å². The number of piperidine rings is 1. The average molecular weight is 293 g/mol. The zero-order valence-corrected chi connectivity index (χ0v) is 15.2. The van der Waals surface area contributed by atoms with Crippen LogP contribution in [0.25, 0.3) is 0 Å². The SMILES string of the molecule is BC1CCN(C(CCCCCC)CCCCCCC)CC1. The van der Waals surface area contributed by atoms with Gasteiger partial charge < -0.3 is 4.90 Å². The highest BCUT2D eigenvalue weighted by molar-refractivity contribution is 6.11. The molecule has 1 rings (SSSR count). The van der Waals surface area contributed by atoms with Gasteiger partial charge in [0.15, 0.2) is 0 Å². The molecule has 1 unspecified atom stereocenters. The highest BCUT2D eigenvalue weighted by Crippen LogP contribution is 2.25. The summed E-state index contributed by atoms with van der Waals surface area (Å²) >= 11 is 0. The van der Waals surface area contributed by atoms with Gasteiger partial charge in [-0.15, -0.1) is 0 Å². The molecule has 1 saturated heterocycles. The van der Waals surface area contributed by atoms with Gasteiger partial charge in [0.25, 0.3) is 0 Å². The zero-order valence-electron chi connectivity index (χ0n) is 15.2. The lowest BCUT2D eigenvalue weighted by atomic mass is 9.79. The Morgan fingerprint density at radius 2 is 1.29 bits per heavy atom. The fraction of sp³-hybridized carbons (Fsp3) is 1.00. The van der Waals surface area contributed by atoms with E-state index in [2.05, 4.69) is 26.6 Å². The van der Waals surface area contributed by atoms with Gasteiger partial charge in [0, 0.05) is 6.04 Å². The smallest absolute Gasteiger partial charge is 0.105 e. The van der Waals surface area contributed by atoms with Crippen LogP contribution >= 0.6 is 0 Å². The molecule has 0 amide bonds. The molecular formula is C19H40BN. The minimum atomic E-state index is 0.899. The van der Waals surface area contributed by atoms with E-state index in [-0.39, 0.29) is 0 Å². The minimum absolute atomic E-state index is 0.899. The van der Waals surface area contributed by atoms with Gasteiger partial charge in [-0.2, -0.15) is 0 Å². The second-order valence-electron chi connectivity index (χ2n) is 7.42. The molecule has 124 valence electrons. The molecule has 0 radical (unpaired) electrons.